The van der Waals surface area contributed by atoms with Crippen LogP contribution in [0.1, 0.15) is 13.8 Å². The van der Waals surface area contributed by atoms with E-state index in [2.05, 4.69) is 0 Å². The van der Waals surface area contributed by atoms with E-state index in [1.54, 1.807) is 6.07 Å². The SMILES string of the molecule is CN1C(C(F)(F)F)C(C)(C)N(c2ccccc2)C1(F)F. The van der Waals surface area contributed by atoms with Crippen LogP contribution in [-0.2, 0) is 0 Å². The summed E-state index contributed by atoms with van der Waals surface area (Å²) in [7, 11) is 0.794. The molecule has 1 fully saturated rings. The third kappa shape index (κ3) is 2.04. The first-order valence-corrected chi connectivity index (χ1v) is 6.03. The van der Waals surface area contributed by atoms with Gasteiger partial charge in [-0.05, 0) is 33.0 Å². The summed E-state index contributed by atoms with van der Waals surface area (Å²) in [5, 5.41) is 0. The molecule has 7 heteroatoms. The summed E-state index contributed by atoms with van der Waals surface area (Å²) in [5.74, 6) is 0. The first-order valence-electron chi connectivity index (χ1n) is 6.03. The number of nitrogens with zero attached hydrogens (tertiary/aromatic N) is 2. The molecule has 20 heavy (non-hydrogen) atoms. The van der Waals surface area contributed by atoms with Crippen LogP contribution in [0.15, 0.2) is 30.3 Å². The van der Waals surface area contributed by atoms with E-state index < -0.39 is 23.9 Å². The summed E-state index contributed by atoms with van der Waals surface area (Å²) < 4.78 is 68.0. The minimum absolute atomic E-state index is 0.0566. The molecule has 1 unspecified atom stereocenters. The smallest absolute Gasteiger partial charge is 0.292 e. The highest BCUT2D eigenvalue weighted by Crippen LogP contribution is 2.50. The molecule has 2 nitrogen and oxygen atoms in total. The maximum atomic E-state index is 14.3. The van der Waals surface area contributed by atoms with Gasteiger partial charge in [0.1, 0.15) is 6.04 Å². The van der Waals surface area contributed by atoms with Crippen molar-refractivity contribution in [1.82, 2.24) is 4.90 Å². The van der Waals surface area contributed by atoms with E-state index in [1.165, 1.54) is 38.1 Å². The van der Waals surface area contributed by atoms with Gasteiger partial charge < -0.3 is 0 Å². The fourth-order valence-electron chi connectivity index (χ4n) is 2.94. The molecule has 1 aromatic carbocycles. The van der Waals surface area contributed by atoms with E-state index in [1.807, 2.05) is 0 Å². The van der Waals surface area contributed by atoms with Crippen LogP contribution in [0, 0.1) is 0 Å². The van der Waals surface area contributed by atoms with E-state index in [-0.39, 0.29) is 10.6 Å². The summed E-state index contributed by atoms with van der Waals surface area (Å²) in [5.41, 5.74) is -1.74. The molecule has 1 heterocycles. The van der Waals surface area contributed by atoms with E-state index in [4.69, 9.17) is 0 Å². The summed E-state index contributed by atoms with van der Waals surface area (Å²) in [6.07, 6.45) is -8.46. The number of rotatable bonds is 1. The predicted molar refractivity (Wildman–Crippen MR) is 65.6 cm³/mol. The molecule has 0 amide bonds. The minimum Gasteiger partial charge on any atom is -0.292 e. The number of anilines is 1. The maximum absolute atomic E-state index is 14.3. The molecule has 0 saturated carbocycles. The van der Waals surface area contributed by atoms with Crippen molar-refractivity contribution in [3.05, 3.63) is 30.3 Å². The lowest BCUT2D eigenvalue weighted by Gasteiger charge is -2.37. The molecule has 1 saturated heterocycles. The van der Waals surface area contributed by atoms with Gasteiger partial charge in [0.15, 0.2) is 0 Å². The standard InChI is InChI=1S/C13H15F5N2/c1-11(2)10(12(14,15)16)19(3)13(17,18)20(11)9-7-5-4-6-8-9/h4-8,10H,1-3H3. The highest BCUT2D eigenvalue weighted by atomic mass is 19.4. The Morgan fingerprint density at radius 2 is 1.55 bits per heavy atom. The topological polar surface area (TPSA) is 6.48 Å². The van der Waals surface area contributed by atoms with E-state index in [0.717, 1.165) is 7.05 Å². The number of halogens is 5. The van der Waals surface area contributed by atoms with Gasteiger partial charge in [0.25, 0.3) is 0 Å². The molecule has 0 radical (unpaired) electrons. The molecule has 1 atom stereocenters. The summed E-state index contributed by atoms with van der Waals surface area (Å²) >= 11 is 0. The molecule has 1 aromatic rings. The molecule has 1 aliphatic rings. The van der Waals surface area contributed by atoms with Crippen molar-refractivity contribution in [3.63, 3.8) is 0 Å². The fourth-order valence-corrected chi connectivity index (χ4v) is 2.94. The Balaban J connectivity index is 2.57. The van der Waals surface area contributed by atoms with Gasteiger partial charge in [-0.3, -0.25) is 4.90 Å². The maximum Gasteiger partial charge on any atom is 0.406 e. The molecule has 0 N–H and O–H groups in total. The van der Waals surface area contributed by atoms with Crippen molar-refractivity contribution in [2.45, 2.75) is 37.8 Å². The minimum atomic E-state index is -4.74. The first-order chi connectivity index (χ1) is 9.00. The van der Waals surface area contributed by atoms with Crippen molar-refractivity contribution >= 4 is 5.69 Å². The Bertz CT molecular complexity index is 483. The zero-order chi connectivity index (χ0) is 15.3. The van der Waals surface area contributed by atoms with Crippen LogP contribution in [0.2, 0.25) is 0 Å². The fraction of sp³-hybridized carbons (Fsp3) is 0.538. The van der Waals surface area contributed by atoms with Crippen LogP contribution < -0.4 is 4.90 Å². The van der Waals surface area contributed by atoms with Gasteiger partial charge >= 0.3 is 12.3 Å². The Kier molecular flexibility index (Phi) is 3.24. The average molecular weight is 294 g/mol. The Hall–Kier alpha value is -1.37. The molecule has 2 rings (SSSR count). The molecule has 0 bridgehead atoms. The lowest BCUT2D eigenvalue weighted by molar-refractivity contribution is -0.214. The average Bonchev–Trinajstić information content (AvgIpc) is 2.41. The second-order valence-corrected chi connectivity index (χ2v) is 5.39. The van der Waals surface area contributed by atoms with Crippen LogP contribution in [0.25, 0.3) is 0 Å². The first kappa shape index (κ1) is 15.0. The third-order valence-electron chi connectivity index (χ3n) is 3.65. The Labute approximate surface area is 113 Å². The van der Waals surface area contributed by atoms with Gasteiger partial charge in [-0.1, -0.05) is 18.2 Å². The highest BCUT2D eigenvalue weighted by molar-refractivity contribution is 5.52. The quantitative estimate of drug-likeness (QED) is 0.575. The van der Waals surface area contributed by atoms with E-state index in [0.29, 0.717) is 4.90 Å². The number of para-hydroxylation sites is 1. The number of hydrogen-bond donors (Lipinski definition) is 0. The van der Waals surface area contributed by atoms with Gasteiger partial charge in [0, 0.05) is 5.69 Å². The van der Waals surface area contributed by atoms with Crippen LogP contribution in [0.4, 0.5) is 27.6 Å². The molecule has 0 spiro atoms. The van der Waals surface area contributed by atoms with Crippen LogP contribution in [0.3, 0.4) is 0 Å². The van der Waals surface area contributed by atoms with Crippen molar-refractivity contribution in [3.8, 4) is 0 Å². The van der Waals surface area contributed by atoms with Crippen LogP contribution in [0.5, 0.6) is 0 Å². The lowest BCUT2D eigenvalue weighted by Crippen LogP contribution is -2.54. The molecule has 1 aliphatic heterocycles. The highest BCUT2D eigenvalue weighted by Gasteiger charge is 2.69. The molecule has 0 aliphatic carbocycles. The van der Waals surface area contributed by atoms with Gasteiger partial charge in [-0.2, -0.15) is 22.0 Å². The lowest BCUT2D eigenvalue weighted by atomic mass is 9.93. The Morgan fingerprint density at radius 3 is 1.95 bits per heavy atom. The van der Waals surface area contributed by atoms with Crippen LogP contribution in [-0.4, -0.2) is 35.9 Å². The van der Waals surface area contributed by atoms with Gasteiger partial charge in [-0.15, -0.1) is 0 Å². The zero-order valence-corrected chi connectivity index (χ0v) is 11.2. The van der Waals surface area contributed by atoms with Crippen molar-refractivity contribution in [1.29, 1.82) is 0 Å². The Morgan fingerprint density at radius 1 is 1.05 bits per heavy atom. The molecule has 0 aromatic heterocycles. The van der Waals surface area contributed by atoms with E-state index in [9.17, 15) is 22.0 Å². The van der Waals surface area contributed by atoms with Gasteiger partial charge in [0.05, 0.1) is 5.54 Å². The monoisotopic (exact) mass is 294 g/mol. The second kappa shape index (κ2) is 4.31. The summed E-state index contributed by atoms with van der Waals surface area (Å²) in [6, 6.07) is 5.15. The van der Waals surface area contributed by atoms with Gasteiger partial charge in [0.2, 0.25) is 0 Å². The van der Waals surface area contributed by atoms with E-state index >= 15 is 0 Å². The third-order valence-corrected chi connectivity index (χ3v) is 3.65. The second-order valence-electron chi connectivity index (χ2n) is 5.39. The van der Waals surface area contributed by atoms with Crippen molar-refractivity contribution in [2.24, 2.45) is 0 Å². The molecule has 112 valence electrons. The predicted octanol–water partition coefficient (Wildman–Crippen LogP) is 3.70. The number of alkyl halides is 5. The molecular formula is C13H15F5N2. The zero-order valence-electron chi connectivity index (χ0n) is 11.2. The normalized spacial score (nSPS) is 26.0. The number of likely N-dealkylation sites (N-methyl/N-ethyl adjacent to an activating group) is 1. The molecular weight excluding hydrogens is 279 g/mol. The van der Waals surface area contributed by atoms with Crippen LogP contribution >= 0.6 is 0 Å². The largest absolute Gasteiger partial charge is 0.406 e. The summed E-state index contributed by atoms with van der Waals surface area (Å²) in [6.45, 7) is 2.35. The number of hydrogen-bond acceptors (Lipinski definition) is 2. The van der Waals surface area contributed by atoms with Crippen molar-refractivity contribution in [2.75, 3.05) is 11.9 Å². The van der Waals surface area contributed by atoms with Crippen molar-refractivity contribution < 1.29 is 22.0 Å². The van der Waals surface area contributed by atoms with Gasteiger partial charge in [-0.25, -0.2) is 4.90 Å². The number of benzene rings is 1. The summed E-state index contributed by atoms with van der Waals surface area (Å²) in [4.78, 5) is 0.609.